The number of fused-ring (bicyclic) bond motifs is 1. The molecule has 21 heavy (non-hydrogen) atoms. The van der Waals surface area contributed by atoms with Gasteiger partial charge >= 0.3 is 0 Å². The van der Waals surface area contributed by atoms with Gasteiger partial charge in [0.15, 0.2) is 0 Å². The lowest BCUT2D eigenvalue weighted by molar-refractivity contribution is 0.0441. The molecule has 1 aromatic heterocycles. The molecule has 0 amide bonds. The molecule has 1 aliphatic carbocycles. The molecule has 3 fully saturated rings. The van der Waals surface area contributed by atoms with Crippen molar-refractivity contribution in [3.63, 3.8) is 0 Å². The van der Waals surface area contributed by atoms with Crippen molar-refractivity contribution in [1.82, 2.24) is 14.8 Å². The van der Waals surface area contributed by atoms with Crippen LogP contribution in [0.4, 0.5) is 0 Å². The van der Waals surface area contributed by atoms with Crippen LogP contribution in [0.3, 0.4) is 0 Å². The van der Waals surface area contributed by atoms with E-state index in [9.17, 15) is 0 Å². The number of hydrogen-bond acceptors (Lipinski definition) is 4. The predicted molar refractivity (Wildman–Crippen MR) is 82.0 cm³/mol. The molecule has 3 aliphatic rings. The van der Waals surface area contributed by atoms with Crippen molar-refractivity contribution in [2.24, 2.45) is 5.92 Å². The first-order valence-corrected chi connectivity index (χ1v) is 8.35. The Morgan fingerprint density at radius 1 is 1.19 bits per heavy atom. The zero-order valence-corrected chi connectivity index (χ0v) is 12.7. The lowest BCUT2D eigenvalue weighted by Crippen LogP contribution is -2.50. The van der Waals surface area contributed by atoms with E-state index >= 15 is 0 Å². The van der Waals surface area contributed by atoms with Crippen LogP contribution in [-0.2, 0) is 11.3 Å². The maximum absolute atomic E-state index is 6.09. The summed E-state index contributed by atoms with van der Waals surface area (Å²) in [4.78, 5) is 9.65. The van der Waals surface area contributed by atoms with E-state index in [1.807, 2.05) is 24.4 Å². The molecule has 0 spiro atoms. The second kappa shape index (κ2) is 6.03. The number of nitrogens with zero attached hydrogens (tertiary/aromatic N) is 3. The first kappa shape index (κ1) is 13.7. The minimum atomic E-state index is 0.387. The van der Waals surface area contributed by atoms with Gasteiger partial charge in [-0.3, -0.25) is 9.88 Å². The summed E-state index contributed by atoms with van der Waals surface area (Å²) in [6, 6.07) is 6.73. The highest BCUT2D eigenvalue weighted by atomic mass is 16.5. The van der Waals surface area contributed by atoms with E-state index in [0.717, 1.165) is 18.2 Å². The highest BCUT2D eigenvalue weighted by Gasteiger charge is 2.37. The molecule has 4 nitrogen and oxygen atoms in total. The van der Waals surface area contributed by atoms with Crippen molar-refractivity contribution < 1.29 is 4.74 Å². The predicted octanol–water partition coefficient (Wildman–Crippen LogP) is 1.77. The molecular formula is C17H25N3O. The van der Waals surface area contributed by atoms with Gasteiger partial charge in [0.1, 0.15) is 0 Å². The number of rotatable bonds is 5. The highest BCUT2D eigenvalue weighted by Crippen LogP contribution is 2.31. The summed E-state index contributed by atoms with van der Waals surface area (Å²) < 4.78 is 6.09. The van der Waals surface area contributed by atoms with Gasteiger partial charge in [-0.2, -0.15) is 0 Å². The second-order valence-electron chi connectivity index (χ2n) is 6.84. The van der Waals surface area contributed by atoms with Crippen LogP contribution in [0, 0.1) is 5.92 Å². The molecular weight excluding hydrogens is 262 g/mol. The van der Waals surface area contributed by atoms with Crippen molar-refractivity contribution in [2.45, 2.75) is 38.0 Å². The van der Waals surface area contributed by atoms with E-state index in [0.29, 0.717) is 18.8 Å². The van der Waals surface area contributed by atoms with E-state index in [1.165, 1.54) is 45.4 Å². The van der Waals surface area contributed by atoms with Gasteiger partial charge < -0.3 is 9.64 Å². The summed E-state index contributed by atoms with van der Waals surface area (Å²) in [5.74, 6) is 1.01. The maximum Gasteiger partial charge on any atom is 0.0892 e. The Bertz CT molecular complexity index is 462. The third-order valence-electron chi connectivity index (χ3n) is 5.07. The van der Waals surface area contributed by atoms with Gasteiger partial charge in [0.25, 0.3) is 0 Å². The van der Waals surface area contributed by atoms with Crippen LogP contribution in [0.25, 0.3) is 0 Å². The first-order chi connectivity index (χ1) is 10.4. The Morgan fingerprint density at radius 2 is 2.14 bits per heavy atom. The summed E-state index contributed by atoms with van der Waals surface area (Å²) >= 11 is 0. The molecule has 1 aromatic rings. The number of hydrogen-bond donors (Lipinski definition) is 0. The average molecular weight is 287 g/mol. The molecule has 0 unspecified atom stereocenters. The summed E-state index contributed by atoms with van der Waals surface area (Å²) in [7, 11) is 0. The van der Waals surface area contributed by atoms with Crippen LogP contribution in [-0.4, -0.2) is 59.7 Å². The highest BCUT2D eigenvalue weighted by molar-refractivity contribution is 5.02. The van der Waals surface area contributed by atoms with Gasteiger partial charge in [0, 0.05) is 45.0 Å². The van der Waals surface area contributed by atoms with Crippen LogP contribution < -0.4 is 0 Å². The fraction of sp³-hybridized carbons (Fsp3) is 0.706. The fourth-order valence-corrected chi connectivity index (χ4v) is 3.70. The van der Waals surface area contributed by atoms with E-state index < -0.39 is 0 Å². The minimum absolute atomic E-state index is 0.387. The van der Waals surface area contributed by atoms with E-state index in [1.54, 1.807) is 0 Å². The third-order valence-corrected chi connectivity index (χ3v) is 5.07. The maximum atomic E-state index is 6.09. The van der Waals surface area contributed by atoms with E-state index in [4.69, 9.17) is 4.74 Å². The van der Waals surface area contributed by atoms with Gasteiger partial charge in [0.2, 0.25) is 0 Å². The summed E-state index contributed by atoms with van der Waals surface area (Å²) in [5.41, 5.74) is 1.04. The van der Waals surface area contributed by atoms with E-state index in [2.05, 4.69) is 14.8 Å². The van der Waals surface area contributed by atoms with Crippen molar-refractivity contribution in [3.8, 4) is 0 Å². The van der Waals surface area contributed by atoms with Gasteiger partial charge in [-0.05, 0) is 37.3 Å². The Labute approximate surface area is 127 Å². The number of ether oxygens (including phenoxy) is 1. The topological polar surface area (TPSA) is 28.6 Å². The van der Waals surface area contributed by atoms with Crippen molar-refractivity contribution in [3.05, 3.63) is 30.1 Å². The Hall–Kier alpha value is -0.970. The van der Waals surface area contributed by atoms with Crippen LogP contribution in [0.2, 0.25) is 0 Å². The minimum Gasteiger partial charge on any atom is -0.371 e. The third kappa shape index (κ3) is 3.44. The summed E-state index contributed by atoms with van der Waals surface area (Å²) in [6.45, 7) is 6.82. The van der Waals surface area contributed by atoms with Crippen LogP contribution in [0.5, 0.6) is 0 Å². The van der Waals surface area contributed by atoms with Crippen molar-refractivity contribution in [1.29, 1.82) is 0 Å². The van der Waals surface area contributed by atoms with Crippen molar-refractivity contribution in [2.75, 3.05) is 32.7 Å². The molecule has 4 heteroatoms. The molecule has 0 radical (unpaired) electrons. The first-order valence-electron chi connectivity index (χ1n) is 8.35. The molecule has 0 bridgehead atoms. The van der Waals surface area contributed by atoms with Crippen molar-refractivity contribution >= 4 is 0 Å². The van der Waals surface area contributed by atoms with Crippen LogP contribution in [0.15, 0.2) is 24.4 Å². The molecule has 1 saturated carbocycles. The monoisotopic (exact) mass is 287 g/mol. The fourth-order valence-electron chi connectivity index (χ4n) is 3.70. The SMILES string of the molecule is c1ccc(CO[C@@H]2C[C@@H]3CN(CC4CC4)CCN3C2)nc1. The largest absolute Gasteiger partial charge is 0.371 e. The summed E-state index contributed by atoms with van der Waals surface area (Å²) in [6.07, 6.45) is 6.33. The summed E-state index contributed by atoms with van der Waals surface area (Å²) in [5, 5.41) is 0. The van der Waals surface area contributed by atoms with Gasteiger partial charge in [-0.25, -0.2) is 0 Å². The van der Waals surface area contributed by atoms with Crippen LogP contribution >= 0.6 is 0 Å². The van der Waals surface area contributed by atoms with Crippen LogP contribution in [0.1, 0.15) is 25.0 Å². The lowest BCUT2D eigenvalue weighted by atomic mass is 10.1. The Balaban J connectivity index is 1.26. The zero-order valence-electron chi connectivity index (χ0n) is 12.7. The standard InChI is InChI=1S/C17H25N3O/c1-2-6-18-15(3-1)13-21-17-9-16-11-19(10-14-4-5-14)7-8-20(16)12-17/h1-3,6,14,16-17H,4-5,7-13H2/t16-,17-/m1/s1. The average Bonchev–Trinajstić information content (AvgIpc) is 3.23. The number of piperazine rings is 1. The Morgan fingerprint density at radius 3 is 2.95 bits per heavy atom. The van der Waals surface area contributed by atoms with E-state index in [-0.39, 0.29) is 0 Å². The molecule has 2 aliphatic heterocycles. The van der Waals surface area contributed by atoms with Gasteiger partial charge in [-0.1, -0.05) is 6.07 Å². The van der Waals surface area contributed by atoms with Gasteiger partial charge in [-0.15, -0.1) is 0 Å². The molecule has 2 atom stereocenters. The number of aromatic nitrogens is 1. The molecule has 0 N–H and O–H groups in total. The van der Waals surface area contributed by atoms with Gasteiger partial charge in [0.05, 0.1) is 18.4 Å². The zero-order chi connectivity index (χ0) is 14.1. The molecule has 114 valence electrons. The lowest BCUT2D eigenvalue weighted by Gasteiger charge is -2.37. The Kier molecular flexibility index (Phi) is 3.93. The second-order valence-corrected chi connectivity index (χ2v) is 6.84. The normalized spacial score (nSPS) is 30.5. The molecule has 0 aromatic carbocycles. The molecule has 2 saturated heterocycles. The smallest absolute Gasteiger partial charge is 0.0892 e. The molecule has 4 rings (SSSR count). The quantitative estimate of drug-likeness (QED) is 0.825. The number of pyridine rings is 1. The molecule has 3 heterocycles.